The highest BCUT2D eigenvalue weighted by Crippen LogP contribution is 2.29. The third-order valence-corrected chi connectivity index (χ3v) is 3.12. The molecule has 1 fully saturated rings. The third-order valence-electron chi connectivity index (χ3n) is 3.12. The fourth-order valence-electron chi connectivity index (χ4n) is 2.09. The van der Waals surface area contributed by atoms with Crippen molar-refractivity contribution in [1.29, 1.82) is 0 Å². The number of nitrogens with zero attached hydrogens (tertiary/aromatic N) is 1. The summed E-state index contributed by atoms with van der Waals surface area (Å²) in [5.74, 6) is 0. The van der Waals surface area contributed by atoms with Gasteiger partial charge >= 0.3 is 5.69 Å². The SMILES string of the molecule is Cc1cn(C2CC(O)C(O)C2O)c(=O)[nH]c1=O. The number of aromatic nitrogens is 2. The number of hydrogen-bond acceptors (Lipinski definition) is 5. The number of aryl methyl sites for hydroxylation is 1. The van der Waals surface area contributed by atoms with E-state index in [4.69, 9.17) is 0 Å². The lowest BCUT2D eigenvalue weighted by atomic mass is 10.2. The van der Waals surface area contributed by atoms with E-state index in [0.717, 1.165) is 4.57 Å². The largest absolute Gasteiger partial charge is 0.390 e. The van der Waals surface area contributed by atoms with Crippen LogP contribution in [0.2, 0.25) is 0 Å². The first-order valence-corrected chi connectivity index (χ1v) is 5.28. The Hall–Kier alpha value is -1.44. The highest BCUT2D eigenvalue weighted by Gasteiger charge is 2.41. The molecule has 0 amide bonds. The summed E-state index contributed by atoms with van der Waals surface area (Å²) in [6, 6.07) is -0.733. The third kappa shape index (κ3) is 1.92. The van der Waals surface area contributed by atoms with Crippen LogP contribution in [-0.2, 0) is 0 Å². The Bertz CT molecular complexity index is 534. The Morgan fingerprint density at radius 2 is 1.94 bits per heavy atom. The van der Waals surface area contributed by atoms with Crippen LogP contribution >= 0.6 is 0 Å². The summed E-state index contributed by atoms with van der Waals surface area (Å²) in [6.45, 7) is 1.53. The maximum Gasteiger partial charge on any atom is 0.328 e. The van der Waals surface area contributed by atoms with Gasteiger partial charge in [0.25, 0.3) is 5.56 Å². The number of aliphatic hydroxyl groups excluding tert-OH is 3. The van der Waals surface area contributed by atoms with Crippen LogP contribution in [0.5, 0.6) is 0 Å². The predicted octanol–water partition coefficient (Wildman–Crippen LogP) is -2.13. The number of rotatable bonds is 1. The summed E-state index contributed by atoms with van der Waals surface area (Å²) in [6.07, 6.45) is -2.20. The average Bonchev–Trinajstić information content (AvgIpc) is 2.51. The lowest BCUT2D eigenvalue weighted by Crippen LogP contribution is -2.38. The number of hydrogen-bond donors (Lipinski definition) is 4. The van der Waals surface area contributed by atoms with E-state index >= 15 is 0 Å². The van der Waals surface area contributed by atoms with Gasteiger partial charge in [-0.1, -0.05) is 0 Å². The summed E-state index contributed by atoms with van der Waals surface area (Å²) in [4.78, 5) is 24.9. The molecular weight excluding hydrogens is 228 g/mol. The standard InChI is InChI=1S/C10H14N2O5/c1-4-3-12(10(17)11-9(4)16)5-2-6(13)8(15)7(5)14/h3,5-8,13-15H,2H2,1H3,(H,11,16,17). The first-order valence-electron chi connectivity index (χ1n) is 5.28. The van der Waals surface area contributed by atoms with Crippen molar-refractivity contribution in [1.82, 2.24) is 9.55 Å². The molecule has 2 rings (SSSR count). The van der Waals surface area contributed by atoms with Crippen molar-refractivity contribution < 1.29 is 15.3 Å². The first kappa shape index (κ1) is 12.0. The number of nitrogens with one attached hydrogen (secondary N) is 1. The van der Waals surface area contributed by atoms with Crippen LogP contribution in [0.25, 0.3) is 0 Å². The van der Waals surface area contributed by atoms with E-state index in [-0.39, 0.29) is 6.42 Å². The van der Waals surface area contributed by atoms with E-state index in [2.05, 4.69) is 4.98 Å². The van der Waals surface area contributed by atoms with Crippen LogP contribution in [0.1, 0.15) is 18.0 Å². The van der Waals surface area contributed by atoms with Crippen LogP contribution in [0.4, 0.5) is 0 Å². The van der Waals surface area contributed by atoms with E-state index in [1.54, 1.807) is 0 Å². The van der Waals surface area contributed by atoms with Crippen LogP contribution in [0.3, 0.4) is 0 Å². The molecule has 1 aromatic heterocycles. The Morgan fingerprint density at radius 1 is 1.29 bits per heavy atom. The van der Waals surface area contributed by atoms with Gasteiger partial charge in [-0.15, -0.1) is 0 Å². The molecule has 0 radical (unpaired) electrons. The number of aromatic amines is 1. The second kappa shape index (κ2) is 4.10. The van der Waals surface area contributed by atoms with Crippen molar-refractivity contribution in [3.8, 4) is 0 Å². The van der Waals surface area contributed by atoms with Gasteiger partial charge in [-0.25, -0.2) is 4.79 Å². The Labute approximate surface area is 96.0 Å². The van der Waals surface area contributed by atoms with Crippen LogP contribution in [0, 0.1) is 6.92 Å². The smallest absolute Gasteiger partial charge is 0.328 e. The maximum absolute atomic E-state index is 11.6. The molecule has 1 aliphatic carbocycles. The van der Waals surface area contributed by atoms with Crippen molar-refractivity contribution in [2.24, 2.45) is 0 Å². The van der Waals surface area contributed by atoms with E-state index in [0.29, 0.717) is 5.56 Å². The van der Waals surface area contributed by atoms with Crippen molar-refractivity contribution in [2.45, 2.75) is 37.7 Å². The zero-order valence-electron chi connectivity index (χ0n) is 9.20. The molecule has 94 valence electrons. The minimum absolute atomic E-state index is 0.0632. The first-order chi connectivity index (χ1) is 7.91. The lowest BCUT2D eigenvalue weighted by Gasteiger charge is -2.18. The Morgan fingerprint density at radius 3 is 2.47 bits per heavy atom. The number of aliphatic hydroxyl groups is 3. The molecule has 0 aromatic carbocycles. The summed E-state index contributed by atoms with van der Waals surface area (Å²) < 4.78 is 1.14. The van der Waals surface area contributed by atoms with Crippen LogP contribution < -0.4 is 11.2 Å². The second-order valence-corrected chi connectivity index (χ2v) is 4.33. The van der Waals surface area contributed by atoms with Gasteiger partial charge in [0.1, 0.15) is 12.2 Å². The number of H-pyrrole nitrogens is 1. The molecule has 4 unspecified atom stereocenters. The monoisotopic (exact) mass is 242 g/mol. The van der Waals surface area contributed by atoms with Gasteiger partial charge in [0.15, 0.2) is 0 Å². The molecule has 17 heavy (non-hydrogen) atoms. The fourth-order valence-corrected chi connectivity index (χ4v) is 2.09. The maximum atomic E-state index is 11.6. The van der Waals surface area contributed by atoms with Gasteiger partial charge in [0, 0.05) is 11.8 Å². The topological polar surface area (TPSA) is 116 Å². The molecule has 1 aromatic rings. The summed E-state index contributed by atoms with van der Waals surface area (Å²) in [7, 11) is 0. The quantitative estimate of drug-likeness (QED) is 0.449. The van der Waals surface area contributed by atoms with Crippen LogP contribution in [0.15, 0.2) is 15.8 Å². The molecule has 0 aliphatic heterocycles. The zero-order chi connectivity index (χ0) is 12.7. The van der Waals surface area contributed by atoms with Gasteiger partial charge in [0.2, 0.25) is 0 Å². The zero-order valence-corrected chi connectivity index (χ0v) is 9.20. The summed E-state index contributed by atoms with van der Waals surface area (Å²) in [5.41, 5.74) is -0.821. The van der Waals surface area contributed by atoms with E-state index < -0.39 is 35.6 Å². The molecule has 1 saturated carbocycles. The highest BCUT2D eigenvalue weighted by molar-refractivity contribution is 5.04. The second-order valence-electron chi connectivity index (χ2n) is 4.33. The van der Waals surface area contributed by atoms with Crippen molar-refractivity contribution in [3.63, 3.8) is 0 Å². The lowest BCUT2D eigenvalue weighted by molar-refractivity contribution is -0.0250. The van der Waals surface area contributed by atoms with Crippen molar-refractivity contribution in [3.05, 3.63) is 32.6 Å². The predicted molar refractivity (Wildman–Crippen MR) is 57.7 cm³/mol. The van der Waals surface area contributed by atoms with Crippen molar-refractivity contribution in [2.75, 3.05) is 0 Å². The molecular formula is C10H14N2O5. The molecule has 7 nitrogen and oxygen atoms in total. The molecule has 0 saturated heterocycles. The minimum Gasteiger partial charge on any atom is -0.390 e. The Balaban J connectivity index is 2.46. The van der Waals surface area contributed by atoms with Gasteiger partial charge in [-0.05, 0) is 13.3 Å². The van der Waals surface area contributed by atoms with Gasteiger partial charge < -0.3 is 15.3 Å². The van der Waals surface area contributed by atoms with Gasteiger partial charge in [0.05, 0.1) is 12.1 Å². The van der Waals surface area contributed by atoms with Gasteiger partial charge in [-0.2, -0.15) is 0 Å². The summed E-state index contributed by atoms with van der Waals surface area (Å²) in [5, 5.41) is 28.5. The fraction of sp³-hybridized carbons (Fsp3) is 0.600. The summed E-state index contributed by atoms with van der Waals surface area (Å²) >= 11 is 0. The minimum atomic E-state index is -1.28. The molecule has 0 spiro atoms. The molecule has 4 atom stereocenters. The highest BCUT2D eigenvalue weighted by atomic mass is 16.4. The molecule has 4 N–H and O–H groups in total. The van der Waals surface area contributed by atoms with E-state index in [1.165, 1.54) is 13.1 Å². The molecule has 1 aliphatic rings. The van der Waals surface area contributed by atoms with Crippen LogP contribution in [-0.4, -0.2) is 43.2 Å². The van der Waals surface area contributed by atoms with Crippen molar-refractivity contribution >= 4 is 0 Å². The van der Waals surface area contributed by atoms with E-state index in [1.807, 2.05) is 0 Å². The Kier molecular flexibility index (Phi) is 2.90. The molecule has 0 bridgehead atoms. The normalized spacial score (nSPS) is 32.9. The molecule has 1 heterocycles. The average molecular weight is 242 g/mol. The molecule has 7 heteroatoms. The van der Waals surface area contributed by atoms with E-state index in [9.17, 15) is 24.9 Å². The van der Waals surface area contributed by atoms with Gasteiger partial charge in [-0.3, -0.25) is 14.3 Å².